The zero-order valence-electron chi connectivity index (χ0n) is 15.5. The molecule has 2 aromatic rings. The van der Waals surface area contributed by atoms with E-state index in [1.807, 2.05) is 22.6 Å². The van der Waals surface area contributed by atoms with Gasteiger partial charge in [0.25, 0.3) is 5.91 Å². The van der Waals surface area contributed by atoms with Crippen LogP contribution in [0.15, 0.2) is 52.4 Å². The summed E-state index contributed by atoms with van der Waals surface area (Å²) in [7, 11) is 1.62. The molecule has 2 aromatic carbocycles. The van der Waals surface area contributed by atoms with Gasteiger partial charge in [0.15, 0.2) is 11.8 Å². The number of hydrogen-bond acceptors (Lipinski definition) is 6. The van der Waals surface area contributed by atoms with Gasteiger partial charge >= 0.3 is 11.9 Å². The molecule has 10 heteroatoms. The van der Waals surface area contributed by atoms with Crippen molar-refractivity contribution < 1.29 is 29.3 Å². The number of carbonyl (C=O) groups excluding carboxylic acids is 1. The van der Waals surface area contributed by atoms with Crippen molar-refractivity contribution in [3.63, 3.8) is 0 Å². The molecule has 0 saturated carbocycles. The smallest absolute Gasteiger partial charge is 0.341 e. The maximum Gasteiger partial charge on any atom is 0.341 e. The fourth-order valence-corrected chi connectivity index (χ4v) is 4.14. The molecule has 0 atom stereocenters. The molecule has 1 aliphatic rings. The normalized spacial score (nSPS) is 16.3. The van der Waals surface area contributed by atoms with Crippen molar-refractivity contribution in [2.45, 2.75) is 0 Å². The summed E-state index contributed by atoms with van der Waals surface area (Å²) in [5, 5.41) is 18.2. The van der Waals surface area contributed by atoms with E-state index >= 15 is 0 Å². The highest BCUT2D eigenvalue weighted by Gasteiger charge is 2.30. The zero-order chi connectivity index (χ0) is 21.8. The van der Waals surface area contributed by atoms with Crippen LogP contribution in [0.2, 0.25) is 0 Å². The van der Waals surface area contributed by atoms with Crippen LogP contribution in [0.4, 0.5) is 5.69 Å². The van der Waals surface area contributed by atoms with Gasteiger partial charge in [-0.1, -0.05) is 6.07 Å². The maximum absolute atomic E-state index is 12.6. The summed E-state index contributed by atoms with van der Waals surface area (Å²) < 4.78 is 5.93. The Morgan fingerprint density at radius 2 is 1.90 bits per heavy atom. The van der Waals surface area contributed by atoms with Gasteiger partial charge in [-0.2, -0.15) is 0 Å². The van der Waals surface area contributed by atoms with Crippen LogP contribution < -0.4 is 4.74 Å². The molecule has 0 spiro atoms. The minimum absolute atomic E-state index is 0.161. The standard InChI is InChI=1S/C20H15IN2O6S/c1-23-18(26)16(9-11-2-7-15(14(21)8-11)29-10-17(24)25)30-20(23)22-13-5-3-12(4-6-13)19(27)28/h2-9H,10H2,1H3,(H,24,25)(H,27,28)/b16-9-,22-20?. The first-order valence-electron chi connectivity index (χ1n) is 8.48. The number of ether oxygens (including phenoxy) is 1. The third-order valence-electron chi connectivity index (χ3n) is 3.95. The van der Waals surface area contributed by atoms with Gasteiger partial charge in [-0.25, -0.2) is 14.6 Å². The Kier molecular flexibility index (Phi) is 6.77. The zero-order valence-corrected chi connectivity index (χ0v) is 18.5. The van der Waals surface area contributed by atoms with E-state index in [1.165, 1.54) is 28.8 Å². The van der Waals surface area contributed by atoms with Crippen molar-refractivity contribution in [3.8, 4) is 5.75 Å². The van der Waals surface area contributed by atoms with Crippen molar-refractivity contribution >= 4 is 69.1 Å². The molecule has 30 heavy (non-hydrogen) atoms. The number of thioether (sulfide) groups is 1. The molecule has 1 amide bonds. The number of benzene rings is 2. The highest BCUT2D eigenvalue weighted by Crippen LogP contribution is 2.34. The molecule has 1 saturated heterocycles. The molecule has 1 fully saturated rings. The maximum atomic E-state index is 12.6. The monoisotopic (exact) mass is 538 g/mol. The van der Waals surface area contributed by atoms with E-state index in [-0.39, 0.29) is 11.5 Å². The highest BCUT2D eigenvalue weighted by atomic mass is 127. The van der Waals surface area contributed by atoms with Crippen LogP contribution in [0.1, 0.15) is 15.9 Å². The van der Waals surface area contributed by atoms with Crippen LogP contribution in [-0.2, 0) is 9.59 Å². The average molecular weight is 538 g/mol. The molecule has 1 heterocycles. The average Bonchev–Trinajstić information content (AvgIpc) is 2.95. The second-order valence-electron chi connectivity index (χ2n) is 6.09. The van der Waals surface area contributed by atoms with Gasteiger partial charge in [-0.05, 0) is 82.4 Å². The first-order chi connectivity index (χ1) is 14.2. The number of halogens is 1. The summed E-state index contributed by atoms with van der Waals surface area (Å²) in [6, 6.07) is 11.2. The minimum atomic E-state index is -1.06. The summed E-state index contributed by atoms with van der Waals surface area (Å²) in [6.45, 7) is -0.428. The number of nitrogens with zero attached hydrogens (tertiary/aromatic N) is 2. The number of hydrogen-bond donors (Lipinski definition) is 2. The van der Waals surface area contributed by atoms with Gasteiger partial charge in [-0.15, -0.1) is 0 Å². The molecular weight excluding hydrogens is 523 g/mol. The molecule has 3 rings (SSSR count). The lowest BCUT2D eigenvalue weighted by atomic mass is 10.2. The van der Waals surface area contributed by atoms with Crippen LogP contribution in [0, 0.1) is 3.57 Å². The molecular formula is C20H15IN2O6S. The Balaban J connectivity index is 1.80. The lowest BCUT2D eigenvalue weighted by molar-refractivity contribution is -0.139. The number of carboxylic acid groups (broad SMARTS) is 2. The van der Waals surface area contributed by atoms with Crippen LogP contribution in [0.25, 0.3) is 6.08 Å². The van der Waals surface area contributed by atoms with E-state index < -0.39 is 18.5 Å². The van der Waals surface area contributed by atoms with Crippen LogP contribution in [-0.4, -0.2) is 51.8 Å². The third-order valence-corrected chi connectivity index (χ3v) is 5.85. The summed E-state index contributed by atoms with van der Waals surface area (Å²) in [5.41, 5.74) is 1.46. The number of aromatic carboxylic acids is 1. The molecule has 0 radical (unpaired) electrons. The van der Waals surface area contributed by atoms with Crippen molar-refractivity contribution in [1.29, 1.82) is 0 Å². The largest absolute Gasteiger partial charge is 0.481 e. The molecule has 0 aliphatic carbocycles. The number of amidine groups is 1. The van der Waals surface area contributed by atoms with Gasteiger partial charge in [-0.3, -0.25) is 9.69 Å². The molecule has 8 nitrogen and oxygen atoms in total. The van der Waals surface area contributed by atoms with E-state index in [2.05, 4.69) is 4.99 Å². The van der Waals surface area contributed by atoms with E-state index in [0.29, 0.717) is 21.5 Å². The SMILES string of the molecule is CN1C(=O)/C(=C/c2ccc(OCC(=O)O)c(I)c2)SC1=Nc1ccc(C(=O)O)cc1. The number of amides is 1. The van der Waals surface area contributed by atoms with E-state index in [9.17, 15) is 14.4 Å². The van der Waals surface area contributed by atoms with E-state index in [1.54, 1.807) is 43.5 Å². The Bertz CT molecular complexity index is 1080. The number of rotatable bonds is 6. The minimum Gasteiger partial charge on any atom is -0.481 e. The predicted octanol–water partition coefficient (Wildman–Crippen LogP) is 3.69. The van der Waals surface area contributed by atoms with Gasteiger partial charge in [0.2, 0.25) is 0 Å². The summed E-state index contributed by atoms with van der Waals surface area (Å²) in [5.74, 6) is -1.83. The second-order valence-corrected chi connectivity index (χ2v) is 8.26. The number of likely N-dealkylation sites (N-methyl/N-ethyl adjacent to an activating group) is 1. The van der Waals surface area contributed by atoms with Crippen molar-refractivity contribution in [2.75, 3.05) is 13.7 Å². The quantitative estimate of drug-likeness (QED) is 0.426. The van der Waals surface area contributed by atoms with Gasteiger partial charge in [0.05, 0.1) is 19.7 Å². The second kappa shape index (κ2) is 9.30. The summed E-state index contributed by atoms with van der Waals surface area (Å²) in [6.07, 6.45) is 1.72. The van der Waals surface area contributed by atoms with Gasteiger partial charge in [0, 0.05) is 7.05 Å². The molecule has 1 aliphatic heterocycles. The summed E-state index contributed by atoms with van der Waals surface area (Å²) in [4.78, 5) is 40.5. The first-order valence-corrected chi connectivity index (χ1v) is 10.4. The molecule has 0 aromatic heterocycles. The van der Waals surface area contributed by atoms with Crippen molar-refractivity contribution in [2.24, 2.45) is 4.99 Å². The number of aliphatic imine (C=N–C) groups is 1. The first kappa shape index (κ1) is 21.8. The topological polar surface area (TPSA) is 117 Å². The lowest BCUT2D eigenvalue weighted by Gasteiger charge is -2.07. The highest BCUT2D eigenvalue weighted by molar-refractivity contribution is 14.1. The Labute approximate surface area is 189 Å². The molecule has 0 bridgehead atoms. The lowest BCUT2D eigenvalue weighted by Crippen LogP contribution is -2.23. The fraction of sp³-hybridized carbons (Fsp3) is 0.100. The van der Waals surface area contributed by atoms with Crippen LogP contribution >= 0.6 is 34.4 Å². The Hall–Kier alpha value is -2.86. The number of carboxylic acids is 2. The van der Waals surface area contributed by atoms with Crippen LogP contribution in [0.3, 0.4) is 0 Å². The predicted molar refractivity (Wildman–Crippen MR) is 121 cm³/mol. The summed E-state index contributed by atoms with van der Waals surface area (Å²) >= 11 is 3.25. The Morgan fingerprint density at radius 3 is 2.50 bits per heavy atom. The van der Waals surface area contributed by atoms with E-state index in [0.717, 1.165) is 9.13 Å². The fourth-order valence-electron chi connectivity index (χ4n) is 2.46. The third kappa shape index (κ3) is 5.19. The van der Waals surface area contributed by atoms with E-state index in [4.69, 9.17) is 14.9 Å². The molecule has 0 unspecified atom stereocenters. The van der Waals surface area contributed by atoms with Crippen molar-refractivity contribution in [1.82, 2.24) is 4.90 Å². The molecule has 2 N–H and O–H groups in total. The van der Waals surface area contributed by atoms with Gasteiger partial charge < -0.3 is 14.9 Å². The van der Waals surface area contributed by atoms with Crippen molar-refractivity contribution in [3.05, 3.63) is 62.1 Å². The Morgan fingerprint density at radius 1 is 1.20 bits per heavy atom. The molecule has 154 valence electrons. The number of carbonyl (C=O) groups is 3. The number of aliphatic carboxylic acids is 1. The van der Waals surface area contributed by atoms with Gasteiger partial charge in [0.1, 0.15) is 5.75 Å². The van der Waals surface area contributed by atoms with Crippen LogP contribution in [0.5, 0.6) is 5.75 Å².